The van der Waals surface area contributed by atoms with Crippen LogP contribution in [-0.4, -0.2) is 65.3 Å². The molecule has 9 heteroatoms. The van der Waals surface area contributed by atoms with Gasteiger partial charge in [0.1, 0.15) is 18.1 Å². The molecule has 0 saturated carbocycles. The quantitative estimate of drug-likeness (QED) is 0.156. The minimum Gasteiger partial charge on any atom is -0.507 e. The third kappa shape index (κ3) is 5.09. The monoisotopic (exact) mass is 451 g/mol. The Labute approximate surface area is 191 Å². The van der Waals surface area contributed by atoms with Crippen LogP contribution in [0.4, 0.5) is 5.69 Å². The first-order valence-electron chi connectivity index (χ1n) is 10.3. The number of likely N-dealkylation sites (N-methyl/N-ethyl adjacent to an activating group) is 1. The number of rotatable bonds is 9. The Morgan fingerprint density at radius 3 is 2.55 bits per heavy atom. The standard InChI is InChI=1S/C24H25N3O6/c1-4-14-33-19-10-8-16(9-11-19)22(28)20-21(17-6-5-7-18(15-17)27(31)32)26(13-12-25(2)3)24(30)23(20)29/h4-11,15,21,28H,1,12-14H2,2-3H3/b22-20+/t21-/m1/s1. The second kappa shape index (κ2) is 10.1. The number of aliphatic hydroxyl groups excluding tert-OH is 1. The molecule has 3 rings (SSSR count). The maximum Gasteiger partial charge on any atom is 0.295 e. The van der Waals surface area contributed by atoms with Gasteiger partial charge in [0.15, 0.2) is 0 Å². The largest absolute Gasteiger partial charge is 0.507 e. The molecule has 1 heterocycles. The molecule has 1 amide bonds. The lowest BCUT2D eigenvalue weighted by atomic mass is 9.95. The van der Waals surface area contributed by atoms with Gasteiger partial charge in [0, 0.05) is 30.8 Å². The Hall–Kier alpha value is -3.98. The van der Waals surface area contributed by atoms with E-state index in [0.717, 1.165) is 0 Å². The molecule has 0 radical (unpaired) electrons. The summed E-state index contributed by atoms with van der Waals surface area (Å²) in [6, 6.07) is 11.2. The van der Waals surface area contributed by atoms with Gasteiger partial charge in [-0.05, 0) is 43.9 Å². The van der Waals surface area contributed by atoms with Crippen LogP contribution in [0.2, 0.25) is 0 Å². The summed E-state index contributed by atoms with van der Waals surface area (Å²) in [6.07, 6.45) is 1.60. The number of carbonyl (C=O) groups excluding carboxylic acids is 2. The van der Waals surface area contributed by atoms with Crippen LogP contribution < -0.4 is 4.74 Å². The summed E-state index contributed by atoms with van der Waals surface area (Å²) >= 11 is 0. The molecular weight excluding hydrogens is 426 g/mol. The molecule has 0 aliphatic carbocycles. The minimum absolute atomic E-state index is 0.112. The van der Waals surface area contributed by atoms with Crippen LogP contribution in [0, 0.1) is 10.1 Å². The predicted octanol–water partition coefficient (Wildman–Crippen LogP) is 3.14. The van der Waals surface area contributed by atoms with E-state index in [0.29, 0.717) is 30.0 Å². The molecule has 1 aliphatic heterocycles. The Balaban J connectivity index is 2.10. The number of aliphatic hydroxyl groups is 1. The number of nitro groups is 1. The van der Waals surface area contributed by atoms with Gasteiger partial charge in [0.05, 0.1) is 16.5 Å². The Kier molecular flexibility index (Phi) is 7.24. The molecular formula is C24H25N3O6. The molecule has 1 aliphatic rings. The van der Waals surface area contributed by atoms with Gasteiger partial charge in [-0.2, -0.15) is 0 Å². The molecule has 0 aromatic heterocycles. The van der Waals surface area contributed by atoms with Crippen molar-refractivity contribution in [2.45, 2.75) is 6.04 Å². The first kappa shape index (κ1) is 23.7. The third-order valence-electron chi connectivity index (χ3n) is 5.22. The average Bonchev–Trinajstić information content (AvgIpc) is 3.06. The molecule has 0 bridgehead atoms. The highest BCUT2D eigenvalue weighted by atomic mass is 16.6. The number of Topliss-reactive ketones (excluding diaryl/α,β-unsaturated/α-hetero) is 1. The number of non-ortho nitro benzene ring substituents is 1. The summed E-state index contributed by atoms with van der Waals surface area (Å²) in [6.45, 7) is 4.57. The average molecular weight is 451 g/mol. The van der Waals surface area contributed by atoms with E-state index in [-0.39, 0.29) is 23.6 Å². The molecule has 9 nitrogen and oxygen atoms in total. The van der Waals surface area contributed by atoms with E-state index < -0.39 is 22.7 Å². The Morgan fingerprint density at radius 2 is 1.94 bits per heavy atom. The van der Waals surface area contributed by atoms with Gasteiger partial charge >= 0.3 is 0 Å². The Morgan fingerprint density at radius 1 is 1.24 bits per heavy atom. The smallest absolute Gasteiger partial charge is 0.295 e. The van der Waals surface area contributed by atoms with Crippen molar-refractivity contribution in [3.63, 3.8) is 0 Å². The van der Waals surface area contributed by atoms with E-state index in [1.807, 2.05) is 19.0 Å². The number of nitro benzene ring substituents is 1. The van der Waals surface area contributed by atoms with Crippen LogP contribution in [0.15, 0.2) is 66.8 Å². The predicted molar refractivity (Wildman–Crippen MR) is 123 cm³/mol. The lowest BCUT2D eigenvalue weighted by Crippen LogP contribution is -2.35. The van der Waals surface area contributed by atoms with Crippen LogP contribution in [-0.2, 0) is 9.59 Å². The maximum atomic E-state index is 13.0. The topological polar surface area (TPSA) is 113 Å². The summed E-state index contributed by atoms with van der Waals surface area (Å²) in [5, 5.41) is 22.4. The van der Waals surface area contributed by atoms with Crippen LogP contribution in [0.1, 0.15) is 17.2 Å². The van der Waals surface area contributed by atoms with Crippen molar-refractivity contribution < 1.29 is 24.4 Å². The van der Waals surface area contributed by atoms with Gasteiger partial charge in [-0.1, -0.05) is 24.8 Å². The zero-order chi connectivity index (χ0) is 24.1. The van der Waals surface area contributed by atoms with E-state index >= 15 is 0 Å². The summed E-state index contributed by atoms with van der Waals surface area (Å²) in [7, 11) is 3.66. The van der Waals surface area contributed by atoms with Crippen molar-refractivity contribution in [2.24, 2.45) is 0 Å². The van der Waals surface area contributed by atoms with Crippen LogP contribution in [0.3, 0.4) is 0 Å². The molecule has 172 valence electrons. The van der Waals surface area contributed by atoms with Crippen molar-refractivity contribution in [3.8, 4) is 5.75 Å². The lowest BCUT2D eigenvalue weighted by Gasteiger charge is -2.26. The van der Waals surface area contributed by atoms with E-state index in [9.17, 15) is 24.8 Å². The molecule has 1 fully saturated rings. The van der Waals surface area contributed by atoms with Crippen molar-refractivity contribution in [2.75, 3.05) is 33.8 Å². The summed E-state index contributed by atoms with van der Waals surface area (Å²) < 4.78 is 5.44. The van der Waals surface area contributed by atoms with Crippen molar-refractivity contribution >= 4 is 23.1 Å². The fourth-order valence-corrected chi connectivity index (χ4v) is 3.59. The number of hydrogen-bond acceptors (Lipinski definition) is 7. The second-order valence-corrected chi connectivity index (χ2v) is 7.77. The van der Waals surface area contributed by atoms with Crippen molar-refractivity contribution in [3.05, 3.63) is 88.0 Å². The second-order valence-electron chi connectivity index (χ2n) is 7.77. The Bertz CT molecular complexity index is 1110. The third-order valence-corrected chi connectivity index (χ3v) is 5.22. The van der Waals surface area contributed by atoms with Crippen LogP contribution in [0.5, 0.6) is 5.75 Å². The summed E-state index contributed by atoms with van der Waals surface area (Å²) in [5.74, 6) is -1.41. The van der Waals surface area contributed by atoms with E-state index in [1.54, 1.807) is 36.4 Å². The van der Waals surface area contributed by atoms with Gasteiger partial charge < -0.3 is 19.6 Å². The molecule has 1 N–H and O–H groups in total. The number of carbonyl (C=O) groups is 2. The van der Waals surface area contributed by atoms with Crippen LogP contribution >= 0.6 is 0 Å². The van der Waals surface area contributed by atoms with Crippen molar-refractivity contribution in [1.29, 1.82) is 0 Å². The highest BCUT2D eigenvalue weighted by molar-refractivity contribution is 6.46. The summed E-state index contributed by atoms with van der Waals surface area (Å²) in [4.78, 5) is 39.8. The maximum absolute atomic E-state index is 13.0. The normalized spacial score (nSPS) is 17.4. The van der Waals surface area contributed by atoms with Crippen molar-refractivity contribution in [1.82, 2.24) is 9.80 Å². The minimum atomic E-state index is -0.957. The van der Waals surface area contributed by atoms with Crippen LogP contribution in [0.25, 0.3) is 5.76 Å². The number of ether oxygens (including phenoxy) is 1. The number of hydrogen-bond donors (Lipinski definition) is 1. The number of nitrogens with zero attached hydrogens (tertiary/aromatic N) is 3. The zero-order valence-electron chi connectivity index (χ0n) is 18.4. The molecule has 1 atom stereocenters. The van der Waals surface area contributed by atoms with E-state index in [4.69, 9.17) is 4.74 Å². The molecule has 0 spiro atoms. The fourth-order valence-electron chi connectivity index (χ4n) is 3.59. The van der Waals surface area contributed by atoms with Gasteiger partial charge in [0.2, 0.25) is 0 Å². The first-order valence-corrected chi connectivity index (χ1v) is 10.3. The lowest BCUT2D eigenvalue weighted by molar-refractivity contribution is -0.384. The SMILES string of the molecule is C=CCOc1ccc(/C(O)=C2\C(=O)C(=O)N(CCN(C)C)[C@@H]2c2cccc([N+](=O)[O-])c2)cc1. The molecule has 2 aromatic carbocycles. The van der Waals surface area contributed by atoms with E-state index in [2.05, 4.69) is 6.58 Å². The van der Waals surface area contributed by atoms with E-state index in [1.165, 1.54) is 23.1 Å². The number of ketones is 1. The molecule has 0 unspecified atom stereocenters. The molecule has 2 aromatic rings. The first-order chi connectivity index (χ1) is 15.7. The van der Waals surface area contributed by atoms with Gasteiger partial charge in [-0.3, -0.25) is 19.7 Å². The number of benzene rings is 2. The fraction of sp³-hybridized carbons (Fsp3) is 0.250. The highest BCUT2D eigenvalue weighted by Gasteiger charge is 2.46. The zero-order valence-corrected chi connectivity index (χ0v) is 18.4. The van der Waals surface area contributed by atoms with Gasteiger partial charge in [-0.25, -0.2) is 0 Å². The van der Waals surface area contributed by atoms with Gasteiger partial charge in [0.25, 0.3) is 17.4 Å². The number of amides is 1. The summed E-state index contributed by atoms with van der Waals surface area (Å²) in [5.41, 5.74) is 0.407. The highest BCUT2D eigenvalue weighted by Crippen LogP contribution is 2.40. The molecule has 33 heavy (non-hydrogen) atoms. The number of likely N-dealkylation sites (tertiary alicyclic amines) is 1. The molecule has 1 saturated heterocycles. The van der Waals surface area contributed by atoms with Gasteiger partial charge in [-0.15, -0.1) is 0 Å².